The monoisotopic (exact) mass is 520 g/mol. The fraction of sp³-hybridized carbons (Fsp3) is 0. The molecular weight excluding hydrogens is 492 g/mol. The van der Waals surface area contributed by atoms with Gasteiger partial charge in [0.05, 0.1) is 0 Å². The lowest BCUT2D eigenvalue weighted by Gasteiger charge is -2.13. The second-order valence-electron chi connectivity index (χ2n) is 9.50. The molecule has 4 nitrogen and oxygen atoms in total. The van der Waals surface area contributed by atoms with E-state index in [1.807, 2.05) is 84.9 Å². The first kappa shape index (κ1) is 24.8. The summed E-state index contributed by atoms with van der Waals surface area (Å²) < 4.78 is 12.3. The molecule has 0 bridgehead atoms. The lowest BCUT2D eigenvalue weighted by molar-refractivity contribution is 0.484. The minimum atomic E-state index is 0.669. The summed E-state index contributed by atoms with van der Waals surface area (Å²) in [4.78, 5) is 0. The van der Waals surface area contributed by atoms with Crippen LogP contribution in [0.3, 0.4) is 0 Å². The Kier molecular flexibility index (Phi) is 6.89. The Morgan fingerprint density at radius 2 is 0.725 bits per heavy atom. The van der Waals surface area contributed by atoms with Crippen molar-refractivity contribution in [2.45, 2.75) is 0 Å². The van der Waals surface area contributed by atoms with Gasteiger partial charge in [-0.15, -0.1) is 0 Å². The van der Waals surface area contributed by atoms with Gasteiger partial charge in [0.2, 0.25) is 0 Å². The smallest absolute Gasteiger partial charge is 0.135 e. The van der Waals surface area contributed by atoms with Gasteiger partial charge in [0.15, 0.2) is 0 Å². The third-order valence-electron chi connectivity index (χ3n) is 6.67. The van der Waals surface area contributed by atoms with Crippen LogP contribution in [0.2, 0.25) is 0 Å². The maximum absolute atomic E-state index is 6.17. The fourth-order valence-corrected chi connectivity index (χ4v) is 4.68. The van der Waals surface area contributed by atoms with Gasteiger partial charge in [0, 0.05) is 34.6 Å². The van der Waals surface area contributed by atoms with Crippen molar-refractivity contribution in [2.24, 2.45) is 0 Å². The highest BCUT2D eigenvalue weighted by Crippen LogP contribution is 2.37. The van der Waals surface area contributed by atoms with Crippen LogP contribution in [0.5, 0.6) is 23.0 Å². The predicted molar refractivity (Wildman–Crippen MR) is 165 cm³/mol. The maximum atomic E-state index is 6.17. The van der Waals surface area contributed by atoms with Crippen LogP contribution in [0, 0.1) is 0 Å². The van der Waals surface area contributed by atoms with E-state index in [1.54, 1.807) is 0 Å². The molecule has 0 amide bonds. The van der Waals surface area contributed by atoms with Crippen molar-refractivity contribution in [1.82, 2.24) is 0 Å². The lowest BCUT2D eigenvalue weighted by atomic mass is 9.97. The molecule has 194 valence electrons. The SMILES string of the molecule is Nc1cccc(Oc2ccccc2-c2ccc(-c3ccc(-c4ccccc4Oc4cccc(N)c4)cc3)cc2)c1. The van der Waals surface area contributed by atoms with Crippen molar-refractivity contribution >= 4 is 11.4 Å². The summed E-state index contributed by atoms with van der Waals surface area (Å²) >= 11 is 0. The minimum absolute atomic E-state index is 0.669. The average molecular weight is 521 g/mol. The second kappa shape index (κ2) is 11.1. The van der Waals surface area contributed by atoms with Crippen molar-refractivity contribution in [1.29, 1.82) is 0 Å². The molecule has 0 saturated heterocycles. The molecule has 6 rings (SSSR count). The van der Waals surface area contributed by atoms with Crippen molar-refractivity contribution in [2.75, 3.05) is 11.5 Å². The van der Waals surface area contributed by atoms with Gasteiger partial charge in [-0.1, -0.05) is 97.1 Å². The minimum Gasteiger partial charge on any atom is -0.457 e. The fourth-order valence-electron chi connectivity index (χ4n) is 4.68. The molecule has 0 atom stereocenters. The molecule has 0 unspecified atom stereocenters. The third kappa shape index (κ3) is 5.52. The highest BCUT2D eigenvalue weighted by atomic mass is 16.5. The van der Waals surface area contributed by atoms with E-state index in [-0.39, 0.29) is 0 Å². The summed E-state index contributed by atoms with van der Waals surface area (Å²) in [5.74, 6) is 2.99. The molecule has 0 saturated carbocycles. The molecule has 0 radical (unpaired) electrons. The topological polar surface area (TPSA) is 70.5 Å². The first-order chi connectivity index (χ1) is 19.6. The number of ether oxygens (including phenoxy) is 2. The summed E-state index contributed by atoms with van der Waals surface area (Å²) in [5.41, 5.74) is 19.6. The Labute approximate surface area is 234 Å². The average Bonchev–Trinajstić information content (AvgIpc) is 2.98. The van der Waals surface area contributed by atoms with E-state index in [2.05, 4.69) is 60.7 Å². The molecule has 6 aromatic carbocycles. The second-order valence-corrected chi connectivity index (χ2v) is 9.50. The Balaban J connectivity index is 1.23. The molecule has 4 heteroatoms. The predicted octanol–water partition coefficient (Wildman–Crippen LogP) is 9.44. The molecule has 40 heavy (non-hydrogen) atoms. The third-order valence-corrected chi connectivity index (χ3v) is 6.67. The summed E-state index contributed by atoms with van der Waals surface area (Å²) in [6.45, 7) is 0. The van der Waals surface area contributed by atoms with Crippen LogP contribution in [0.1, 0.15) is 0 Å². The zero-order chi connectivity index (χ0) is 27.3. The van der Waals surface area contributed by atoms with Gasteiger partial charge in [-0.2, -0.15) is 0 Å². The van der Waals surface area contributed by atoms with Gasteiger partial charge in [0.25, 0.3) is 0 Å². The zero-order valence-electron chi connectivity index (χ0n) is 21.8. The van der Waals surface area contributed by atoms with Gasteiger partial charge in [0.1, 0.15) is 23.0 Å². The van der Waals surface area contributed by atoms with Crippen LogP contribution < -0.4 is 20.9 Å². The van der Waals surface area contributed by atoms with Crippen LogP contribution in [0.15, 0.2) is 146 Å². The molecule has 0 fully saturated rings. The van der Waals surface area contributed by atoms with Crippen molar-refractivity contribution in [3.8, 4) is 56.4 Å². The first-order valence-corrected chi connectivity index (χ1v) is 13.1. The van der Waals surface area contributed by atoms with E-state index in [0.29, 0.717) is 22.9 Å². The standard InChI is InChI=1S/C36H28N2O2/c37-29-7-5-9-31(23-29)39-35-13-3-1-11-33(35)27-19-15-25(16-20-27)26-17-21-28(22-18-26)34-12-2-4-14-36(34)40-32-10-6-8-30(38)24-32/h1-24H,37-38H2. The van der Waals surface area contributed by atoms with Gasteiger partial charge in [-0.3, -0.25) is 0 Å². The largest absolute Gasteiger partial charge is 0.457 e. The zero-order valence-corrected chi connectivity index (χ0v) is 21.8. The molecular formula is C36H28N2O2. The van der Waals surface area contributed by atoms with Crippen LogP contribution in [0.25, 0.3) is 33.4 Å². The summed E-state index contributed by atoms with van der Waals surface area (Å²) in [6.07, 6.45) is 0. The quantitative estimate of drug-likeness (QED) is 0.206. The molecule has 0 aliphatic carbocycles. The lowest BCUT2D eigenvalue weighted by Crippen LogP contribution is -1.91. The van der Waals surface area contributed by atoms with Gasteiger partial charge < -0.3 is 20.9 Å². The number of nitrogen functional groups attached to an aromatic ring is 2. The molecule has 6 aromatic rings. The first-order valence-electron chi connectivity index (χ1n) is 13.1. The van der Waals surface area contributed by atoms with Crippen LogP contribution in [0.4, 0.5) is 11.4 Å². The van der Waals surface area contributed by atoms with E-state index in [4.69, 9.17) is 20.9 Å². The number of para-hydroxylation sites is 2. The number of hydrogen-bond acceptors (Lipinski definition) is 4. The van der Waals surface area contributed by atoms with E-state index < -0.39 is 0 Å². The number of rotatable bonds is 7. The Morgan fingerprint density at radius 1 is 0.350 bits per heavy atom. The molecule has 4 N–H and O–H groups in total. The van der Waals surface area contributed by atoms with Crippen LogP contribution >= 0.6 is 0 Å². The number of hydrogen-bond donors (Lipinski definition) is 2. The highest BCUT2D eigenvalue weighted by Gasteiger charge is 2.10. The van der Waals surface area contributed by atoms with E-state index in [0.717, 1.165) is 44.9 Å². The Morgan fingerprint density at radius 3 is 1.12 bits per heavy atom. The van der Waals surface area contributed by atoms with Gasteiger partial charge in [-0.05, 0) is 58.7 Å². The molecule has 0 aliphatic rings. The number of benzene rings is 6. The number of nitrogens with two attached hydrogens (primary N) is 2. The van der Waals surface area contributed by atoms with Crippen LogP contribution in [-0.2, 0) is 0 Å². The van der Waals surface area contributed by atoms with E-state index in [1.165, 1.54) is 0 Å². The summed E-state index contributed by atoms with van der Waals surface area (Å²) in [5, 5.41) is 0. The summed E-state index contributed by atoms with van der Waals surface area (Å²) in [7, 11) is 0. The van der Waals surface area contributed by atoms with Crippen molar-refractivity contribution < 1.29 is 9.47 Å². The molecule has 0 aliphatic heterocycles. The summed E-state index contributed by atoms with van der Waals surface area (Å²) in [6, 6.07) is 48.0. The highest BCUT2D eigenvalue weighted by molar-refractivity contribution is 5.77. The number of anilines is 2. The van der Waals surface area contributed by atoms with Crippen molar-refractivity contribution in [3.63, 3.8) is 0 Å². The molecule has 0 aromatic heterocycles. The normalized spacial score (nSPS) is 10.7. The maximum Gasteiger partial charge on any atom is 0.135 e. The Bertz CT molecular complexity index is 1630. The van der Waals surface area contributed by atoms with E-state index >= 15 is 0 Å². The molecule has 0 spiro atoms. The Hall–Kier alpha value is -5.48. The van der Waals surface area contributed by atoms with Gasteiger partial charge in [-0.25, -0.2) is 0 Å². The van der Waals surface area contributed by atoms with Gasteiger partial charge >= 0.3 is 0 Å². The van der Waals surface area contributed by atoms with E-state index in [9.17, 15) is 0 Å². The van der Waals surface area contributed by atoms with Crippen molar-refractivity contribution in [3.05, 3.63) is 146 Å². The van der Waals surface area contributed by atoms with Crippen LogP contribution in [-0.4, -0.2) is 0 Å². The molecule has 0 heterocycles.